The van der Waals surface area contributed by atoms with Crippen LogP contribution in [0.15, 0.2) is 24.3 Å². The van der Waals surface area contributed by atoms with Crippen molar-refractivity contribution in [1.82, 2.24) is 0 Å². The third kappa shape index (κ3) is 5.13. The van der Waals surface area contributed by atoms with Crippen LogP contribution in [0, 0.1) is 0 Å². The van der Waals surface area contributed by atoms with Crippen molar-refractivity contribution in [1.29, 1.82) is 0 Å². The van der Waals surface area contributed by atoms with Gasteiger partial charge in [0.15, 0.2) is 0 Å². The van der Waals surface area contributed by atoms with E-state index in [1.807, 2.05) is 0 Å². The van der Waals surface area contributed by atoms with Crippen LogP contribution in [0.1, 0.15) is 10.4 Å². The van der Waals surface area contributed by atoms with Crippen molar-refractivity contribution < 1.29 is 141 Å². The summed E-state index contributed by atoms with van der Waals surface area (Å²) in [5.41, 5.74) is -0.892. The number of rotatable bonds is 9. The van der Waals surface area contributed by atoms with Crippen molar-refractivity contribution in [3.63, 3.8) is 0 Å². The van der Waals surface area contributed by atoms with Gasteiger partial charge in [-0.3, -0.25) is 0 Å². The molecule has 0 aliphatic carbocycles. The molecule has 0 heterocycles. The molecule has 1 aromatic rings. The molecule has 0 saturated heterocycles. The summed E-state index contributed by atoms with van der Waals surface area (Å²) < 4.78 is 226. The van der Waals surface area contributed by atoms with Gasteiger partial charge in [-0.1, -0.05) is 0 Å². The minimum atomic E-state index is -8.74. The Balaban J connectivity index is 0.0000122. The zero-order chi connectivity index (χ0) is 28.3. The molecule has 36 heavy (non-hydrogen) atoms. The number of alkyl halides is 17. The first kappa shape index (κ1) is 34.9. The number of ether oxygens (including phenoxy) is 1. The third-order valence-electron chi connectivity index (χ3n) is 4.03. The summed E-state index contributed by atoms with van der Waals surface area (Å²) in [6.07, 6.45) is -14.9. The standard InChI is InChI=1S/C15H5F17O3.K/c16-8(17,10(20,21)12(24,25)14(28,29)30)9(18,19)11(22,23)13(26,27)15(31,32)35-6-3-1-5(2-4-6)7(33)34;/h1-4H,(H,33,34);/q;+1/p-1. The van der Waals surface area contributed by atoms with Crippen LogP contribution in [-0.2, 0) is 0 Å². The number of hydrogen-bond acceptors (Lipinski definition) is 3. The van der Waals surface area contributed by atoms with Gasteiger partial charge in [0, 0.05) is 0 Å². The van der Waals surface area contributed by atoms with Crippen molar-refractivity contribution in [3.8, 4) is 5.75 Å². The molecule has 0 unspecified atom stereocenters. The second kappa shape index (κ2) is 9.91. The number of carboxylic acids is 1. The summed E-state index contributed by atoms with van der Waals surface area (Å²) >= 11 is 0. The maximum atomic E-state index is 13.6. The van der Waals surface area contributed by atoms with Crippen molar-refractivity contribution >= 4 is 5.97 Å². The molecule has 0 radical (unpaired) electrons. The van der Waals surface area contributed by atoms with Crippen LogP contribution in [0.3, 0.4) is 0 Å². The molecular weight excluding hydrogens is 590 g/mol. The van der Waals surface area contributed by atoms with Gasteiger partial charge in [0.2, 0.25) is 0 Å². The summed E-state index contributed by atoms with van der Waals surface area (Å²) in [6.45, 7) is 0. The third-order valence-corrected chi connectivity index (χ3v) is 4.03. The van der Waals surface area contributed by atoms with Gasteiger partial charge in [0.25, 0.3) is 0 Å². The van der Waals surface area contributed by atoms with Crippen LogP contribution in [0.25, 0.3) is 0 Å². The predicted molar refractivity (Wildman–Crippen MR) is 72.1 cm³/mol. The Hall–Kier alpha value is -1.06. The Bertz CT molecular complexity index is 940. The van der Waals surface area contributed by atoms with Crippen LogP contribution in [-0.4, -0.2) is 53.8 Å². The molecule has 0 aliphatic heterocycles. The van der Waals surface area contributed by atoms with Gasteiger partial charge in [-0.05, 0) is 29.8 Å². The maximum Gasteiger partial charge on any atom is 1.00 e. The van der Waals surface area contributed by atoms with E-state index in [0.717, 1.165) is 0 Å². The quantitative estimate of drug-likeness (QED) is 0.326. The molecule has 0 aliphatic rings. The van der Waals surface area contributed by atoms with E-state index in [-0.39, 0.29) is 75.7 Å². The van der Waals surface area contributed by atoms with E-state index in [9.17, 15) is 84.5 Å². The zero-order valence-electron chi connectivity index (χ0n) is 16.5. The molecule has 1 aromatic carbocycles. The van der Waals surface area contributed by atoms with Crippen LogP contribution in [0.2, 0.25) is 0 Å². The minimum absolute atomic E-state index is 0. The SMILES string of the molecule is O=C([O-])c1ccc(OC(F)(F)C(F)(F)C(F)(F)C(F)(F)C(F)(F)C(F)(F)C(F)(F)C(F)(F)F)cc1.[K+]. The fraction of sp³-hybridized carbons (Fsp3) is 0.533. The van der Waals surface area contributed by atoms with Gasteiger partial charge in [0.05, 0.1) is 5.97 Å². The number of carbonyl (C=O) groups excluding carboxylic acids is 1. The summed E-state index contributed by atoms with van der Waals surface area (Å²) in [7, 11) is 0. The average Bonchev–Trinajstić information content (AvgIpc) is 2.66. The molecule has 0 spiro atoms. The molecule has 202 valence electrons. The molecule has 0 fully saturated rings. The summed E-state index contributed by atoms with van der Waals surface area (Å²) in [5, 5.41) is 10.4. The maximum absolute atomic E-state index is 13.6. The Morgan fingerprint density at radius 2 is 0.861 bits per heavy atom. The zero-order valence-corrected chi connectivity index (χ0v) is 19.6. The number of carbonyl (C=O) groups is 1. The first-order valence-corrected chi connectivity index (χ1v) is 7.85. The summed E-state index contributed by atoms with van der Waals surface area (Å²) in [5.74, 6) is -54.6. The number of benzene rings is 1. The largest absolute Gasteiger partial charge is 1.00 e. The van der Waals surface area contributed by atoms with E-state index in [2.05, 4.69) is 4.74 Å². The minimum Gasteiger partial charge on any atom is -0.545 e. The molecule has 0 amide bonds. The number of hydrogen-bond donors (Lipinski definition) is 0. The van der Waals surface area contributed by atoms with Crippen LogP contribution < -0.4 is 61.2 Å². The molecule has 0 N–H and O–H groups in total. The normalized spacial score (nSPS) is 14.8. The van der Waals surface area contributed by atoms with E-state index in [1.54, 1.807) is 0 Å². The van der Waals surface area contributed by atoms with Gasteiger partial charge in [-0.2, -0.15) is 74.6 Å². The van der Waals surface area contributed by atoms with E-state index in [1.165, 1.54) is 0 Å². The topological polar surface area (TPSA) is 49.4 Å². The smallest absolute Gasteiger partial charge is 0.545 e. The predicted octanol–water partition coefficient (Wildman–Crippen LogP) is 2.40. The van der Waals surface area contributed by atoms with Gasteiger partial charge in [0.1, 0.15) is 5.75 Å². The second-order valence-corrected chi connectivity index (χ2v) is 6.37. The van der Waals surface area contributed by atoms with E-state index in [0.29, 0.717) is 0 Å². The van der Waals surface area contributed by atoms with Crippen molar-refractivity contribution in [2.45, 2.75) is 47.8 Å². The number of aromatic carboxylic acids is 1. The molecule has 0 bridgehead atoms. The van der Waals surface area contributed by atoms with Crippen molar-refractivity contribution in [3.05, 3.63) is 29.8 Å². The average molecular weight is 594 g/mol. The van der Waals surface area contributed by atoms with Crippen molar-refractivity contribution in [2.24, 2.45) is 0 Å². The van der Waals surface area contributed by atoms with Crippen LogP contribution in [0.5, 0.6) is 5.75 Å². The van der Waals surface area contributed by atoms with Gasteiger partial charge in [-0.15, -0.1) is 0 Å². The molecule has 1 rings (SSSR count). The van der Waals surface area contributed by atoms with Gasteiger partial charge < -0.3 is 14.6 Å². The Kier molecular flexibility index (Phi) is 9.62. The molecular formula is C15H4F17KO3. The summed E-state index contributed by atoms with van der Waals surface area (Å²) in [6, 6.07) is 0.412. The van der Waals surface area contributed by atoms with Crippen molar-refractivity contribution in [2.75, 3.05) is 0 Å². The second-order valence-electron chi connectivity index (χ2n) is 6.37. The first-order valence-electron chi connectivity index (χ1n) is 7.85. The monoisotopic (exact) mass is 594 g/mol. The molecule has 0 atom stereocenters. The van der Waals surface area contributed by atoms with Crippen LogP contribution >= 0.6 is 0 Å². The Morgan fingerprint density at radius 1 is 0.556 bits per heavy atom. The fourth-order valence-corrected chi connectivity index (χ4v) is 2.02. The van der Waals surface area contributed by atoms with E-state index in [4.69, 9.17) is 0 Å². The molecule has 0 saturated carbocycles. The Labute approximate surface area is 229 Å². The number of carboxylic acid groups (broad SMARTS) is 1. The fourth-order valence-electron chi connectivity index (χ4n) is 2.02. The van der Waals surface area contributed by atoms with Gasteiger partial charge in [-0.25, -0.2) is 0 Å². The number of halogens is 17. The molecule has 21 heteroatoms. The van der Waals surface area contributed by atoms with Gasteiger partial charge >= 0.3 is 99.2 Å². The molecule has 0 aromatic heterocycles. The first-order chi connectivity index (χ1) is 15.1. The van der Waals surface area contributed by atoms with E-state index >= 15 is 0 Å². The summed E-state index contributed by atoms with van der Waals surface area (Å²) in [4.78, 5) is 10.4. The Morgan fingerprint density at radius 3 is 1.17 bits per heavy atom. The van der Waals surface area contributed by atoms with Crippen LogP contribution in [0.4, 0.5) is 74.6 Å². The van der Waals surface area contributed by atoms with E-state index < -0.39 is 65.1 Å². The molecule has 3 nitrogen and oxygen atoms in total.